The summed E-state index contributed by atoms with van der Waals surface area (Å²) >= 11 is 1.83. The van der Waals surface area contributed by atoms with Gasteiger partial charge in [-0.1, -0.05) is 23.3 Å². The second-order valence-electron chi connectivity index (χ2n) is 8.80. The summed E-state index contributed by atoms with van der Waals surface area (Å²) < 4.78 is 4.63. The fourth-order valence-electron chi connectivity index (χ4n) is 5.16. The van der Waals surface area contributed by atoms with E-state index in [0.717, 1.165) is 5.65 Å². The highest BCUT2D eigenvalue weighted by Crippen LogP contribution is 2.38. The van der Waals surface area contributed by atoms with Crippen LogP contribution in [0.2, 0.25) is 0 Å². The van der Waals surface area contributed by atoms with Crippen LogP contribution in [0.15, 0.2) is 73.1 Å². The molecule has 0 unspecified atom stereocenters. The molecule has 0 spiro atoms. The van der Waals surface area contributed by atoms with E-state index in [1.165, 1.54) is 64.5 Å². The predicted molar refractivity (Wildman–Crippen MR) is 137 cm³/mol. The van der Waals surface area contributed by atoms with Gasteiger partial charge >= 0.3 is 0 Å². The minimum Gasteiger partial charge on any atom is -0.309 e. The summed E-state index contributed by atoms with van der Waals surface area (Å²) in [5, 5.41) is 6.36. The van der Waals surface area contributed by atoms with Gasteiger partial charge in [0.25, 0.3) is 0 Å². The Morgan fingerprint density at radius 1 is 0.688 bits per heavy atom. The lowest BCUT2D eigenvalue weighted by atomic mass is 10.1. The number of nitrogens with zero attached hydrogens (tertiary/aromatic N) is 3. The Bertz CT molecular complexity index is 1800. The third-order valence-corrected chi connectivity index (χ3v) is 7.61. The largest absolute Gasteiger partial charge is 0.309 e. The molecule has 3 aromatic carbocycles. The van der Waals surface area contributed by atoms with Crippen molar-refractivity contribution in [1.29, 1.82) is 0 Å². The summed E-state index contributed by atoms with van der Waals surface area (Å²) in [4.78, 5) is 7.25. The second-order valence-corrected chi connectivity index (χ2v) is 10.0. The molecule has 0 N–H and O–H groups in total. The van der Waals surface area contributed by atoms with Gasteiger partial charge in [-0.25, -0.2) is 4.98 Å². The van der Waals surface area contributed by atoms with Crippen LogP contribution in [0.5, 0.6) is 0 Å². The molecule has 4 heterocycles. The van der Waals surface area contributed by atoms with Gasteiger partial charge in [-0.05, 0) is 74.7 Å². The fraction of sp³-hybridized carbons (Fsp3) is 0.107. The number of imidazole rings is 1. The van der Waals surface area contributed by atoms with Crippen LogP contribution in [0.3, 0.4) is 0 Å². The number of hydrogen-bond acceptors (Lipinski definition) is 2. The van der Waals surface area contributed by atoms with Gasteiger partial charge in [-0.2, -0.15) is 0 Å². The zero-order valence-electron chi connectivity index (χ0n) is 18.2. The Kier molecular flexibility index (Phi) is 3.49. The topological polar surface area (TPSA) is 22.2 Å². The molecule has 0 amide bonds. The van der Waals surface area contributed by atoms with Crippen molar-refractivity contribution in [1.82, 2.24) is 14.0 Å². The molecule has 4 heteroatoms. The number of aromatic nitrogens is 3. The fourth-order valence-corrected chi connectivity index (χ4v) is 6.16. The molecule has 0 bridgehead atoms. The molecule has 0 saturated carbocycles. The Balaban J connectivity index is 1.64. The Morgan fingerprint density at radius 2 is 1.41 bits per heavy atom. The van der Waals surface area contributed by atoms with Crippen LogP contribution >= 0.6 is 11.3 Å². The van der Waals surface area contributed by atoms with E-state index in [-0.39, 0.29) is 0 Å². The van der Waals surface area contributed by atoms with Gasteiger partial charge in [0.1, 0.15) is 10.5 Å². The van der Waals surface area contributed by atoms with Crippen LogP contribution < -0.4 is 0 Å². The maximum absolute atomic E-state index is 4.68. The second kappa shape index (κ2) is 6.21. The van der Waals surface area contributed by atoms with Crippen LogP contribution in [-0.4, -0.2) is 14.0 Å². The minimum atomic E-state index is 1.02. The van der Waals surface area contributed by atoms with Crippen molar-refractivity contribution < 1.29 is 0 Å². The maximum atomic E-state index is 4.68. The van der Waals surface area contributed by atoms with Gasteiger partial charge in [0.2, 0.25) is 0 Å². The number of fused-ring (bicyclic) bond motifs is 9. The molecule has 4 aromatic heterocycles. The number of thiophene rings is 1. The molecule has 0 aliphatic heterocycles. The van der Waals surface area contributed by atoms with Crippen molar-refractivity contribution >= 4 is 59.8 Å². The van der Waals surface area contributed by atoms with Crippen molar-refractivity contribution in [2.24, 2.45) is 0 Å². The highest BCUT2D eigenvalue weighted by atomic mass is 32.1. The molecule has 32 heavy (non-hydrogen) atoms. The number of benzene rings is 3. The normalized spacial score (nSPS) is 12.2. The summed E-state index contributed by atoms with van der Waals surface area (Å²) in [6, 6.07) is 22.7. The first kappa shape index (κ1) is 18.0. The number of hydrogen-bond donors (Lipinski definition) is 0. The highest BCUT2D eigenvalue weighted by molar-refractivity contribution is 7.18. The lowest BCUT2D eigenvalue weighted by molar-refractivity contribution is 1.18. The van der Waals surface area contributed by atoms with Crippen LogP contribution in [0.4, 0.5) is 0 Å². The van der Waals surface area contributed by atoms with Crippen molar-refractivity contribution in [3.63, 3.8) is 0 Å². The van der Waals surface area contributed by atoms with E-state index in [2.05, 4.69) is 102 Å². The molecule has 7 aromatic rings. The standard InChI is InChI=1S/C28H21N3S/c1-16-4-8-25-22(12-16)23-13-17(2)5-9-26(23)31(25)19-6-7-20-21(15-19)24-14-18(3)32-28(24)30-11-10-29-27(20)30/h4-15H,1-3H3. The average Bonchev–Trinajstić information content (AvgIpc) is 3.48. The average molecular weight is 432 g/mol. The lowest BCUT2D eigenvalue weighted by Crippen LogP contribution is -1.95. The zero-order chi connectivity index (χ0) is 21.6. The van der Waals surface area contributed by atoms with Crippen LogP contribution in [0.25, 0.3) is 54.1 Å². The van der Waals surface area contributed by atoms with Gasteiger partial charge in [-0.15, -0.1) is 11.3 Å². The Morgan fingerprint density at radius 3 is 2.12 bits per heavy atom. The van der Waals surface area contributed by atoms with Crippen LogP contribution in [0, 0.1) is 20.8 Å². The van der Waals surface area contributed by atoms with Gasteiger partial charge in [0.15, 0.2) is 0 Å². The van der Waals surface area contributed by atoms with E-state index in [1.54, 1.807) is 0 Å². The van der Waals surface area contributed by atoms with E-state index in [4.69, 9.17) is 0 Å². The van der Waals surface area contributed by atoms with Gasteiger partial charge in [0.05, 0.1) is 11.0 Å². The molecule has 7 rings (SSSR count). The molecular weight excluding hydrogens is 410 g/mol. The summed E-state index contributed by atoms with van der Waals surface area (Å²) in [5.74, 6) is 0. The zero-order valence-corrected chi connectivity index (χ0v) is 19.0. The predicted octanol–water partition coefficient (Wildman–Crippen LogP) is 7.72. The van der Waals surface area contributed by atoms with Crippen LogP contribution in [0.1, 0.15) is 16.0 Å². The van der Waals surface area contributed by atoms with E-state index in [9.17, 15) is 0 Å². The monoisotopic (exact) mass is 431 g/mol. The molecule has 3 nitrogen and oxygen atoms in total. The molecule has 0 saturated heterocycles. The summed E-state index contributed by atoms with van der Waals surface area (Å²) in [7, 11) is 0. The van der Waals surface area contributed by atoms with Crippen molar-refractivity contribution in [2.75, 3.05) is 0 Å². The van der Waals surface area contributed by atoms with Crippen LogP contribution in [-0.2, 0) is 0 Å². The van der Waals surface area contributed by atoms with E-state index < -0.39 is 0 Å². The molecule has 154 valence electrons. The maximum Gasteiger partial charge on any atom is 0.145 e. The number of rotatable bonds is 1. The Hall–Kier alpha value is -3.63. The van der Waals surface area contributed by atoms with Gasteiger partial charge < -0.3 is 4.57 Å². The van der Waals surface area contributed by atoms with Gasteiger partial charge in [0, 0.05) is 44.5 Å². The van der Waals surface area contributed by atoms with E-state index in [0.29, 0.717) is 0 Å². The molecule has 0 radical (unpaired) electrons. The smallest absolute Gasteiger partial charge is 0.145 e. The first-order valence-corrected chi connectivity index (χ1v) is 11.7. The van der Waals surface area contributed by atoms with Crippen molar-refractivity contribution in [3.05, 3.63) is 89.1 Å². The number of aryl methyl sites for hydroxylation is 3. The quantitative estimate of drug-likeness (QED) is 0.261. The first-order chi connectivity index (χ1) is 15.6. The molecule has 0 aliphatic rings. The molecular formula is C28H21N3S. The summed E-state index contributed by atoms with van der Waals surface area (Å²) in [5.41, 5.74) is 7.27. The SMILES string of the molecule is Cc1ccc2c(c1)c1cc(C)ccc1n2-c1ccc2c(c1)c1cc(C)sc1n1ccnc21. The van der Waals surface area contributed by atoms with Crippen molar-refractivity contribution in [3.8, 4) is 5.69 Å². The van der Waals surface area contributed by atoms with E-state index >= 15 is 0 Å². The summed E-state index contributed by atoms with van der Waals surface area (Å²) in [6.07, 6.45) is 3.97. The first-order valence-electron chi connectivity index (χ1n) is 10.9. The molecule has 0 atom stereocenters. The lowest BCUT2D eigenvalue weighted by Gasteiger charge is -2.11. The third kappa shape index (κ3) is 2.33. The van der Waals surface area contributed by atoms with Crippen molar-refractivity contribution in [2.45, 2.75) is 20.8 Å². The minimum absolute atomic E-state index is 1.02. The molecule has 0 fully saturated rings. The third-order valence-electron chi connectivity index (χ3n) is 6.56. The highest BCUT2D eigenvalue weighted by Gasteiger charge is 2.16. The van der Waals surface area contributed by atoms with E-state index in [1.807, 2.05) is 17.5 Å². The summed E-state index contributed by atoms with van der Waals surface area (Å²) in [6.45, 7) is 6.51. The number of pyridine rings is 1. The van der Waals surface area contributed by atoms with Gasteiger partial charge in [-0.3, -0.25) is 4.40 Å². The molecule has 0 aliphatic carbocycles. The Labute approximate surface area is 189 Å².